The molecule has 1 saturated heterocycles. The van der Waals surface area contributed by atoms with E-state index in [4.69, 9.17) is 4.74 Å². The fourth-order valence-corrected chi connectivity index (χ4v) is 1.28. The van der Waals surface area contributed by atoms with Gasteiger partial charge in [0.15, 0.2) is 0 Å². The molecule has 1 atom stereocenters. The maximum absolute atomic E-state index is 5.61. The van der Waals surface area contributed by atoms with Gasteiger partial charge in [-0.1, -0.05) is 0 Å². The van der Waals surface area contributed by atoms with E-state index in [0.717, 1.165) is 13.2 Å². The van der Waals surface area contributed by atoms with E-state index in [1.54, 1.807) is 0 Å². The molecular formula is C8H17NO. The maximum Gasteiger partial charge on any atom is 0.0753 e. The Bertz CT molecular complexity index is 122. The van der Waals surface area contributed by atoms with E-state index >= 15 is 0 Å². The molecule has 0 bridgehead atoms. The SMILES string of the molecule is C[C@H]1COC(C)(C)CN1C. The molecule has 1 aliphatic heterocycles. The molecular weight excluding hydrogens is 126 g/mol. The van der Waals surface area contributed by atoms with Gasteiger partial charge in [-0.3, -0.25) is 4.90 Å². The molecule has 1 rings (SSSR count). The molecule has 0 aromatic carbocycles. The van der Waals surface area contributed by atoms with Crippen molar-refractivity contribution >= 4 is 0 Å². The van der Waals surface area contributed by atoms with Crippen molar-refractivity contribution in [3.8, 4) is 0 Å². The van der Waals surface area contributed by atoms with Crippen molar-refractivity contribution in [3.63, 3.8) is 0 Å². The lowest BCUT2D eigenvalue weighted by molar-refractivity contribution is -0.102. The Labute approximate surface area is 63.2 Å². The monoisotopic (exact) mass is 143 g/mol. The summed E-state index contributed by atoms with van der Waals surface area (Å²) in [6, 6.07) is 0.577. The van der Waals surface area contributed by atoms with Gasteiger partial charge in [0, 0.05) is 12.6 Å². The Balaban J connectivity index is 2.49. The maximum atomic E-state index is 5.61. The van der Waals surface area contributed by atoms with Gasteiger partial charge in [-0.15, -0.1) is 0 Å². The summed E-state index contributed by atoms with van der Waals surface area (Å²) in [7, 11) is 2.15. The Morgan fingerprint density at radius 1 is 1.50 bits per heavy atom. The van der Waals surface area contributed by atoms with Crippen LogP contribution in [0.5, 0.6) is 0 Å². The van der Waals surface area contributed by atoms with Crippen molar-refractivity contribution in [2.75, 3.05) is 20.2 Å². The van der Waals surface area contributed by atoms with Crippen LogP contribution in [0.1, 0.15) is 20.8 Å². The van der Waals surface area contributed by atoms with Crippen molar-refractivity contribution in [1.29, 1.82) is 0 Å². The molecule has 0 unspecified atom stereocenters. The highest BCUT2D eigenvalue weighted by Gasteiger charge is 2.28. The van der Waals surface area contributed by atoms with Gasteiger partial charge in [0.2, 0.25) is 0 Å². The third-order valence-electron chi connectivity index (χ3n) is 2.10. The third kappa shape index (κ3) is 1.70. The normalized spacial score (nSPS) is 34.2. The summed E-state index contributed by atoms with van der Waals surface area (Å²) in [5.74, 6) is 0. The van der Waals surface area contributed by atoms with Gasteiger partial charge < -0.3 is 4.74 Å². The van der Waals surface area contributed by atoms with E-state index in [-0.39, 0.29) is 5.60 Å². The lowest BCUT2D eigenvalue weighted by Gasteiger charge is -2.40. The first kappa shape index (κ1) is 8.02. The summed E-state index contributed by atoms with van der Waals surface area (Å²) in [6.07, 6.45) is 0. The number of hydrogen-bond acceptors (Lipinski definition) is 2. The predicted molar refractivity (Wildman–Crippen MR) is 42.1 cm³/mol. The molecule has 0 saturated carbocycles. The highest BCUT2D eigenvalue weighted by molar-refractivity contribution is 4.81. The van der Waals surface area contributed by atoms with E-state index in [2.05, 4.69) is 32.7 Å². The first-order chi connectivity index (χ1) is 4.51. The van der Waals surface area contributed by atoms with Crippen molar-refractivity contribution in [1.82, 2.24) is 4.90 Å². The summed E-state index contributed by atoms with van der Waals surface area (Å²) in [5, 5.41) is 0. The highest BCUT2D eigenvalue weighted by Crippen LogP contribution is 2.18. The number of morpholine rings is 1. The van der Waals surface area contributed by atoms with E-state index in [0.29, 0.717) is 6.04 Å². The Kier molecular flexibility index (Phi) is 2.02. The molecule has 0 aliphatic carbocycles. The topological polar surface area (TPSA) is 12.5 Å². The van der Waals surface area contributed by atoms with Gasteiger partial charge >= 0.3 is 0 Å². The quantitative estimate of drug-likeness (QED) is 0.504. The van der Waals surface area contributed by atoms with E-state index in [1.807, 2.05) is 0 Å². The Hall–Kier alpha value is -0.0800. The van der Waals surface area contributed by atoms with E-state index < -0.39 is 0 Å². The van der Waals surface area contributed by atoms with Crippen molar-refractivity contribution < 1.29 is 4.74 Å². The van der Waals surface area contributed by atoms with Gasteiger partial charge in [0.25, 0.3) is 0 Å². The molecule has 2 heteroatoms. The first-order valence-electron chi connectivity index (χ1n) is 3.85. The summed E-state index contributed by atoms with van der Waals surface area (Å²) < 4.78 is 5.61. The molecule has 1 aliphatic rings. The Morgan fingerprint density at radius 3 is 2.50 bits per heavy atom. The van der Waals surface area contributed by atoms with Crippen LogP contribution in [0.25, 0.3) is 0 Å². The largest absolute Gasteiger partial charge is 0.373 e. The van der Waals surface area contributed by atoms with Crippen LogP contribution in [0.2, 0.25) is 0 Å². The second-order valence-corrected chi connectivity index (χ2v) is 3.83. The molecule has 0 spiro atoms. The van der Waals surface area contributed by atoms with Crippen LogP contribution in [0.3, 0.4) is 0 Å². The molecule has 0 radical (unpaired) electrons. The number of rotatable bonds is 0. The second kappa shape index (κ2) is 2.51. The molecule has 2 nitrogen and oxygen atoms in total. The summed E-state index contributed by atoms with van der Waals surface area (Å²) in [4.78, 5) is 2.34. The minimum Gasteiger partial charge on any atom is -0.373 e. The average molecular weight is 143 g/mol. The lowest BCUT2D eigenvalue weighted by atomic mass is 10.1. The summed E-state index contributed by atoms with van der Waals surface area (Å²) in [5.41, 5.74) is 0.0568. The van der Waals surface area contributed by atoms with Gasteiger partial charge in [-0.25, -0.2) is 0 Å². The zero-order chi connectivity index (χ0) is 7.78. The van der Waals surface area contributed by atoms with Crippen LogP contribution in [0.15, 0.2) is 0 Å². The molecule has 0 amide bonds. The summed E-state index contributed by atoms with van der Waals surface area (Å²) >= 11 is 0. The third-order valence-corrected chi connectivity index (χ3v) is 2.10. The Morgan fingerprint density at radius 2 is 2.10 bits per heavy atom. The zero-order valence-electron chi connectivity index (χ0n) is 7.35. The number of likely N-dealkylation sites (N-methyl/N-ethyl adjacent to an activating group) is 1. The number of nitrogens with zero attached hydrogens (tertiary/aromatic N) is 1. The smallest absolute Gasteiger partial charge is 0.0753 e. The van der Waals surface area contributed by atoms with Crippen LogP contribution in [-0.2, 0) is 4.74 Å². The van der Waals surface area contributed by atoms with Gasteiger partial charge in [0.05, 0.1) is 12.2 Å². The first-order valence-corrected chi connectivity index (χ1v) is 3.85. The zero-order valence-corrected chi connectivity index (χ0v) is 7.35. The lowest BCUT2D eigenvalue weighted by Crippen LogP contribution is -2.50. The van der Waals surface area contributed by atoms with E-state index in [9.17, 15) is 0 Å². The minimum atomic E-state index is 0.0568. The fraction of sp³-hybridized carbons (Fsp3) is 1.00. The molecule has 1 fully saturated rings. The van der Waals surface area contributed by atoms with Crippen molar-refractivity contribution in [3.05, 3.63) is 0 Å². The summed E-state index contributed by atoms with van der Waals surface area (Å²) in [6.45, 7) is 8.36. The fourth-order valence-electron chi connectivity index (χ4n) is 1.28. The molecule has 10 heavy (non-hydrogen) atoms. The molecule has 0 aromatic heterocycles. The number of hydrogen-bond donors (Lipinski definition) is 0. The van der Waals surface area contributed by atoms with Crippen molar-refractivity contribution in [2.24, 2.45) is 0 Å². The predicted octanol–water partition coefficient (Wildman–Crippen LogP) is 1.12. The van der Waals surface area contributed by atoms with Crippen LogP contribution < -0.4 is 0 Å². The van der Waals surface area contributed by atoms with Gasteiger partial charge in [-0.05, 0) is 27.8 Å². The standard InChI is InChI=1S/C8H17NO/c1-7-5-10-8(2,3)6-9(7)4/h7H,5-6H2,1-4H3/t7-/m0/s1. The van der Waals surface area contributed by atoms with Crippen LogP contribution in [-0.4, -0.2) is 36.7 Å². The van der Waals surface area contributed by atoms with E-state index in [1.165, 1.54) is 0 Å². The molecule has 1 heterocycles. The van der Waals surface area contributed by atoms with Crippen LogP contribution in [0.4, 0.5) is 0 Å². The molecule has 0 aromatic rings. The number of ether oxygens (including phenoxy) is 1. The van der Waals surface area contributed by atoms with Gasteiger partial charge in [-0.2, -0.15) is 0 Å². The molecule has 0 N–H and O–H groups in total. The van der Waals surface area contributed by atoms with Gasteiger partial charge in [0.1, 0.15) is 0 Å². The minimum absolute atomic E-state index is 0.0568. The average Bonchev–Trinajstić information content (AvgIpc) is 1.79. The second-order valence-electron chi connectivity index (χ2n) is 3.83. The highest BCUT2D eigenvalue weighted by atomic mass is 16.5. The molecule has 60 valence electrons. The van der Waals surface area contributed by atoms with Crippen LogP contribution in [0, 0.1) is 0 Å². The van der Waals surface area contributed by atoms with Crippen LogP contribution >= 0.6 is 0 Å². The van der Waals surface area contributed by atoms with Crippen molar-refractivity contribution in [2.45, 2.75) is 32.4 Å².